The largest absolute Gasteiger partial charge is 0.480 e. The average molecular weight is 303 g/mol. The van der Waals surface area contributed by atoms with E-state index in [9.17, 15) is 14.7 Å². The van der Waals surface area contributed by atoms with E-state index >= 15 is 0 Å². The van der Waals surface area contributed by atoms with E-state index in [4.69, 9.17) is 0 Å². The number of carboxylic acids is 1. The van der Waals surface area contributed by atoms with E-state index in [1.165, 1.54) is 4.57 Å². The van der Waals surface area contributed by atoms with Gasteiger partial charge in [-0.25, -0.2) is 9.59 Å². The number of hydrogen-bond acceptors (Lipinski definition) is 4. The minimum atomic E-state index is -0.957. The summed E-state index contributed by atoms with van der Waals surface area (Å²) in [6.07, 6.45) is 0.424. The van der Waals surface area contributed by atoms with Gasteiger partial charge in [0.2, 0.25) is 0 Å². The standard InChI is InChI=1S/C16H21N3O3/c1-16(2,3)9-11(14(20)21)17-13-10-7-5-6-8-12(10)19(4)15(22)18-13/h5-8,11H,9H2,1-4H3,(H,20,21)(H,17,18,22). The van der Waals surface area contributed by atoms with Gasteiger partial charge >= 0.3 is 11.7 Å². The van der Waals surface area contributed by atoms with Gasteiger partial charge in [0, 0.05) is 12.4 Å². The number of rotatable bonds is 4. The molecule has 22 heavy (non-hydrogen) atoms. The molecule has 2 N–H and O–H groups in total. The molecule has 1 aromatic heterocycles. The fraction of sp³-hybridized carbons (Fsp3) is 0.438. The maximum Gasteiger partial charge on any atom is 0.349 e. The highest BCUT2D eigenvalue weighted by Crippen LogP contribution is 2.25. The van der Waals surface area contributed by atoms with E-state index in [0.29, 0.717) is 17.8 Å². The maximum absolute atomic E-state index is 12.0. The van der Waals surface area contributed by atoms with Crippen LogP contribution in [-0.2, 0) is 11.8 Å². The summed E-state index contributed by atoms with van der Waals surface area (Å²) in [5.74, 6) is -0.642. The molecule has 0 radical (unpaired) electrons. The van der Waals surface area contributed by atoms with Crippen molar-refractivity contribution in [1.82, 2.24) is 9.55 Å². The molecule has 0 spiro atoms. The van der Waals surface area contributed by atoms with Gasteiger partial charge in [0.1, 0.15) is 11.9 Å². The zero-order chi connectivity index (χ0) is 16.5. The Morgan fingerprint density at radius 2 is 2.00 bits per heavy atom. The van der Waals surface area contributed by atoms with Gasteiger partial charge in [0.05, 0.1) is 5.52 Å². The van der Waals surface area contributed by atoms with Crippen LogP contribution in [0.15, 0.2) is 29.1 Å². The molecule has 0 aliphatic heterocycles. The van der Waals surface area contributed by atoms with Gasteiger partial charge in [-0.1, -0.05) is 32.9 Å². The minimum absolute atomic E-state index is 0.161. The number of aromatic nitrogens is 2. The van der Waals surface area contributed by atoms with Crippen molar-refractivity contribution in [1.29, 1.82) is 0 Å². The zero-order valence-electron chi connectivity index (χ0n) is 13.3. The number of nitrogens with zero attached hydrogens (tertiary/aromatic N) is 2. The number of anilines is 1. The first kappa shape index (κ1) is 16.0. The molecule has 1 unspecified atom stereocenters. The van der Waals surface area contributed by atoms with Crippen LogP contribution in [0.4, 0.5) is 5.82 Å². The molecule has 0 saturated carbocycles. The average Bonchev–Trinajstić information content (AvgIpc) is 2.42. The second kappa shape index (κ2) is 5.79. The fourth-order valence-corrected chi connectivity index (χ4v) is 2.39. The van der Waals surface area contributed by atoms with E-state index in [1.54, 1.807) is 7.05 Å². The Balaban J connectivity index is 2.48. The number of carbonyl (C=O) groups is 1. The van der Waals surface area contributed by atoms with E-state index in [2.05, 4.69) is 10.3 Å². The molecule has 2 aromatic rings. The Bertz CT molecular complexity index is 759. The quantitative estimate of drug-likeness (QED) is 0.905. The van der Waals surface area contributed by atoms with Gasteiger partial charge < -0.3 is 10.4 Å². The summed E-state index contributed by atoms with van der Waals surface area (Å²) < 4.78 is 1.44. The molecular formula is C16H21N3O3. The molecule has 118 valence electrons. The van der Waals surface area contributed by atoms with Crippen LogP contribution < -0.4 is 11.0 Å². The second-order valence-electron chi connectivity index (χ2n) is 6.62. The molecule has 0 bridgehead atoms. The molecule has 0 aliphatic carbocycles. The molecule has 6 heteroatoms. The molecule has 1 atom stereocenters. The third-order valence-corrected chi connectivity index (χ3v) is 3.44. The molecule has 0 fully saturated rings. The summed E-state index contributed by atoms with van der Waals surface area (Å²) in [7, 11) is 1.64. The Labute approximate surface area is 128 Å². The summed E-state index contributed by atoms with van der Waals surface area (Å²) >= 11 is 0. The Hall–Kier alpha value is -2.37. The van der Waals surface area contributed by atoms with E-state index < -0.39 is 17.7 Å². The summed E-state index contributed by atoms with van der Waals surface area (Å²) in [6, 6.07) is 6.49. The normalized spacial score (nSPS) is 13.1. The van der Waals surface area contributed by atoms with Crippen LogP contribution >= 0.6 is 0 Å². The second-order valence-corrected chi connectivity index (χ2v) is 6.62. The molecular weight excluding hydrogens is 282 g/mol. The third-order valence-electron chi connectivity index (χ3n) is 3.44. The van der Waals surface area contributed by atoms with E-state index in [1.807, 2.05) is 45.0 Å². The number of nitrogens with one attached hydrogen (secondary N) is 1. The van der Waals surface area contributed by atoms with Crippen LogP contribution in [0, 0.1) is 5.41 Å². The van der Waals surface area contributed by atoms with Crippen molar-refractivity contribution in [2.75, 3.05) is 5.32 Å². The monoisotopic (exact) mass is 303 g/mol. The fourth-order valence-electron chi connectivity index (χ4n) is 2.39. The lowest BCUT2D eigenvalue weighted by Gasteiger charge is -2.24. The Morgan fingerprint density at radius 3 is 2.59 bits per heavy atom. The number of para-hydroxylation sites is 1. The number of fused-ring (bicyclic) bond motifs is 1. The first-order chi connectivity index (χ1) is 10.2. The van der Waals surface area contributed by atoms with E-state index in [0.717, 1.165) is 5.39 Å². The summed E-state index contributed by atoms with van der Waals surface area (Å²) in [5.41, 5.74) is 0.136. The first-order valence-corrected chi connectivity index (χ1v) is 7.14. The zero-order valence-corrected chi connectivity index (χ0v) is 13.3. The van der Waals surface area contributed by atoms with Crippen LogP contribution in [0.3, 0.4) is 0 Å². The molecule has 0 amide bonds. The van der Waals surface area contributed by atoms with Gasteiger partial charge in [-0.15, -0.1) is 0 Å². The highest BCUT2D eigenvalue weighted by molar-refractivity contribution is 5.91. The van der Waals surface area contributed by atoms with Crippen molar-refractivity contribution in [3.05, 3.63) is 34.7 Å². The van der Waals surface area contributed by atoms with Gasteiger partial charge in [0.15, 0.2) is 0 Å². The van der Waals surface area contributed by atoms with Crippen molar-refractivity contribution in [3.63, 3.8) is 0 Å². The molecule has 0 saturated heterocycles. The van der Waals surface area contributed by atoms with Crippen LogP contribution in [0.5, 0.6) is 0 Å². The Morgan fingerprint density at radius 1 is 1.36 bits per heavy atom. The minimum Gasteiger partial charge on any atom is -0.480 e. The van der Waals surface area contributed by atoms with Crippen molar-refractivity contribution >= 4 is 22.7 Å². The lowest BCUT2D eigenvalue weighted by molar-refractivity contribution is -0.138. The van der Waals surface area contributed by atoms with Crippen molar-refractivity contribution in [2.45, 2.75) is 33.2 Å². The van der Waals surface area contributed by atoms with Crippen LogP contribution in [0.1, 0.15) is 27.2 Å². The third kappa shape index (κ3) is 3.44. The number of carboxylic acid groups (broad SMARTS) is 1. The molecule has 1 aromatic carbocycles. The highest BCUT2D eigenvalue weighted by Gasteiger charge is 2.25. The SMILES string of the molecule is Cn1c(=O)nc(NC(CC(C)(C)C)C(=O)O)c2ccccc21. The summed E-state index contributed by atoms with van der Waals surface area (Å²) in [5, 5.41) is 13.1. The van der Waals surface area contributed by atoms with Gasteiger partial charge in [-0.2, -0.15) is 4.98 Å². The molecule has 2 rings (SSSR count). The van der Waals surface area contributed by atoms with Crippen molar-refractivity contribution < 1.29 is 9.90 Å². The molecule has 1 heterocycles. The number of hydrogen-bond donors (Lipinski definition) is 2. The number of aliphatic carboxylic acids is 1. The lowest BCUT2D eigenvalue weighted by Crippen LogP contribution is -2.35. The first-order valence-electron chi connectivity index (χ1n) is 7.14. The highest BCUT2D eigenvalue weighted by atomic mass is 16.4. The maximum atomic E-state index is 12.0. The van der Waals surface area contributed by atoms with Crippen LogP contribution in [-0.4, -0.2) is 26.7 Å². The van der Waals surface area contributed by atoms with Gasteiger partial charge in [0.25, 0.3) is 0 Å². The predicted molar refractivity (Wildman–Crippen MR) is 86.1 cm³/mol. The summed E-state index contributed by atoms with van der Waals surface area (Å²) in [4.78, 5) is 27.4. The van der Waals surface area contributed by atoms with Crippen molar-refractivity contribution in [2.24, 2.45) is 12.5 Å². The number of aryl methyl sites for hydroxylation is 1. The summed E-state index contributed by atoms with van der Waals surface area (Å²) in [6.45, 7) is 5.92. The topological polar surface area (TPSA) is 84.2 Å². The number of benzene rings is 1. The lowest BCUT2D eigenvalue weighted by atomic mass is 9.88. The van der Waals surface area contributed by atoms with Gasteiger partial charge in [-0.05, 0) is 24.0 Å². The Kier molecular flexibility index (Phi) is 4.21. The smallest absolute Gasteiger partial charge is 0.349 e. The van der Waals surface area contributed by atoms with Crippen molar-refractivity contribution in [3.8, 4) is 0 Å². The van der Waals surface area contributed by atoms with Crippen LogP contribution in [0.2, 0.25) is 0 Å². The molecule has 0 aliphatic rings. The van der Waals surface area contributed by atoms with Gasteiger partial charge in [-0.3, -0.25) is 4.57 Å². The van der Waals surface area contributed by atoms with E-state index in [-0.39, 0.29) is 5.41 Å². The van der Waals surface area contributed by atoms with Crippen LogP contribution in [0.25, 0.3) is 10.9 Å². The molecule has 6 nitrogen and oxygen atoms in total. The predicted octanol–water partition coefficient (Wildman–Crippen LogP) is 2.23.